The summed E-state index contributed by atoms with van der Waals surface area (Å²) in [6, 6.07) is 6.39. The summed E-state index contributed by atoms with van der Waals surface area (Å²) >= 11 is 0. The van der Waals surface area contributed by atoms with E-state index in [2.05, 4.69) is 52.0 Å². The summed E-state index contributed by atoms with van der Waals surface area (Å²) in [6.07, 6.45) is 3.86. The number of fused-ring (bicyclic) bond motifs is 1. The lowest BCUT2D eigenvalue weighted by Crippen LogP contribution is -2.41. The first-order valence-corrected chi connectivity index (χ1v) is 7.63. The molecule has 0 bridgehead atoms. The molecule has 1 aliphatic carbocycles. The van der Waals surface area contributed by atoms with E-state index in [1.54, 1.807) is 0 Å². The van der Waals surface area contributed by atoms with Gasteiger partial charge in [-0.15, -0.1) is 0 Å². The third-order valence-electron chi connectivity index (χ3n) is 4.95. The molecule has 0 atom stereocenters. The second-order valence-corrected chi connectivity index (χ2v) is 6.91. The molecule has 3 rings (SSSR count). The standard InChI is InChI=1S/C17H23BO3/c1-16(2)17(3,4)21-18(20-16)14-7-8-15-12(9-10-19)5-6-13(15)11-14/h5,7-8,11,19H,6,9-10H2,1-4H3. The number of hydrogen-bond acceptors (Lipinski definition) is 3. The van der Waals surface area contributed by atoms with Crippen LogP contribution in [0.2, 0.25) is 0 Å². The molecule has 0 amide bonds. The third-order valence-corrected chi connectivity index (χ3v) is 4.95. The molecule has 1 heterocycles. The quantitative estimate of drug-likeness (QED) is 0.867. The molecule has 0 aromatic heterocycles. The van der Waals surface area contributed by atoms with Crippen LogP contribution in [0.1, 0.15) is 45.2 Å². The summed E-state index contributed by atoms with van der Waals surface area (Å²) in [4.78, 5) is 0. The molecular weight excluding hydrogens is 263 g/mol. The Hall–Kier alpha value is -1.10. The Bertz CT molecular complexity index is 574. The maximum Gasteiger partial charge on any atom is 0.494 e. The van der Waals surface area contributed by atoms with Gasteiger partial charge in [0.2, 0.25) is 0 Å². The van der Waals surface area contributed by atoms with Gasteiger partial charge in [-0.05, 0) is 62.7 Å². The van der Waals surface area contributed by atoms with Gasteiger partial charge in [0.25, 0.3) is 0 Å². The fourth-order valence-electron chi connectivity index (χ4n) is 2.92. The highest BCUT2D eigenvalue weighted by molar-refractivity contribution is 6.62. The van der Waals surface area contributed by atoms with Crippen molar-refractivity contribution in [2.75, 3.05) is 6.61 Å². The Morgan fingerprint density at radius 3 is 2.43 bits per heavy atom. The average molecular weight is 286 g/mol. The van der Waals surface area contributed by atoms with E-state index in [1.165, 1.54) is 16.7 Å². The van der Waals surface area contributed by atoms with Crippen molar-refractivity contribution >= 4 is 18.2 Å². The molecule has 1 saturated heterocycles. The summed E-state index contributed by atoms with van der Waals surface area (Å²) in [5.41, 5.74) is 4.25. The van der Waals surface area contributed by atoms with Crippen LogP contribution in [-0.2, 0) is 15.7 Å². The molecule has 2 aliphatic rings. The van der Waals surface area contributed by atoms with Gasteiger partial charge >= 0.3 is 7.12 Å². The van der Waals surface area contributed by atoms with E-state index < -0.39 is 0 Å². The van der Waals surface area contributed by atoms with Crippen LogP contribution < -0.4 is 5.46 Å². The van der Waals surface area contributed by atoms with Gasteiger partial charge < -0.3 is 14.4 Å². The summed E-state index contributed by atoms with van der Waals surface area (Å²) in [5, 5.41) is 9.11. The van der Waals surface area contributed by atoms with E-state index in [-0.39, 0.29) is 24.9 Å². The summed E-state index contributed by atoms with van der Waals surface area (Å²) < 4.78 is 12.2. The Morgan fingerprint density at radius 2 is 1.81 bits per heavy atom. The van der Waals surface area contributed by atoms with E-state index in [1.807, 2.05) is 0 Å². The lowest BCUT2D eigenvalue weighted by Gasteiger charge is -2.32. The number of benzene rings is 1. The minimum Gasteiger partial charge on any atom is -0.399 e. The van der Waals surface area contributed by atoms with Crippen molar-refractivity contribution in [3.63, 3.8) is 0 Å². The van der Waals surface area contributed by atoms with Crippen LogP contribution in [0.15, 0.2) is 24.3 Å². The van der Waals surface area contributed by atoms with Gasteiger partial charge in [-0.1, -0.05) is 24.3 Å². The average Bonchev–Trinajstić information content (AvgIpc) is 2.89. The molecule has 1 aromatic rings. The fourth-order valence-corrected chi connectivity index (χ4v) is 2.92. The molecule has 0 spiro atoms. The molecule has 1 N–H and O–H groups in total. The van der Waals surface area contributed by atoms with Gasteiger partial charge in [0.05, 0.1) is 11.2 Å². The maximum atomic E-state index is 9.11. The van der Waals surface area contributed by atoms with Gasteiger partial charge in [0.1, 0.15) is 0 Å². The van der Waals surface area contributed by atoms with E-state index in [9.17, 15) is 0 Å². The van der Waals surface area contributed by atoms with Crippen LogP contribution >= 0.6 is 0 Å². The zero-order valence-corrected chi connectivity index (χ0v) is 13.3. The van der Waals surface area contributed by atoms with Crippen molar-refractivity contribution in [1.82, 2.24) is 0 Å². The predicted octanol–water partition coefficient (Wildman–Crippen LogP) is 2.31. The van der Waals surface area contributed by atoms with Gasteiger partial charge in [-0.3, -0.25) is 0 Å². The van der Waals surface area contributed by atoms with E-state index in [0.29, 0.717) is 0 Å². The summed E-state index contributed by atoms with van der Waals surface area (Å²) in [7, 11) is -0.304. The molecule has 1 aliphatic heterocycles. The monoisotopic (exact) mass is 286 g/mol. The number of rotatable bonds is 3. The summed E-state index contributed by atoms with van der Waals surface area (Å²) in [6.45, 7) is 8.48. The topological polar surface area (TPSA) is 38.7 Å². The SMILES string of the molecule is CC1(C)OB(c2ccc3c(c2)CC=C3CCO)OC1(C)C. The molecule has 1 fully saturated rings. The van der Waals surface area contributed by atoms with Crippen LogP contribution in [0.4, 0.5) is 0 Å². The molecule has 112 valence electrons. The van der Waals surface area contributed by atoms with Crippen molar-refractivity contribution < 1.29 is 14.4 Å². The lowest BCUT2D eigenvalue weighted by atomic mass is 9.77. The van der Waals surface area contributed by atoms with Crippen LogP contribution in [-0.4, -0.2) is 30.0 Å². The van der Waals surface area contributed by atoms with Crippen molar-refractivity contribution in [2.45, 2.75) is 51.7 Å². The smallest absolute Gasteiger partial charge is 0.399 e. The molecule has 3 nitrogen and oxygen atoms in total. The zero-order valence-electron chi connectivity index (χ0n) is 13.3. The Kier molecular flexibility index (Phi) is 3.51. The van der Waals surface area contributed by atoms with Crippen molar-refractivity contribution in [1.29, 1.82) is 0 Å². The van der Waals surface area contributed by atoms with E-state index in [0.717, 1.165) is 18.3 Å². The van der Waals surface area contributed by atoms with Gasteiger partial charge in [-0.25, -0.2) is 0 Å². The normalized spacial score (nSPS) is 22.3. The van der Waals surface area contributed by atoms with Gasteiger partial charge in [-0.2, -0.15) is 0 Å². The molecule has 4 heteroatoms. The van der Waals surface area contributed by atoms with Crippen LogP contribution in [0.3, 0.4) is 0 Å². The Labute approximate surface area is 127 Å². The largest absolute Gasteiger partial charge is 0.494 e. The minimum atomic E-state index is -0.309. The van der Waals surface area contributed by atoms with E-state index in [4.69, 9.17) is 14.4 Å². The second-order valence-electron chi connectivity index (χ2n) is 6.91. The van der Waals surface area contributed by atoms with Crippen LogP contribution in [0.5, 0.6) is 0 Å². The van der Waals surface area contributed by atoms with Crippen LogP contribution in [0.25, 0.3) is 5.57 Å². The summed E-state index contributed by atoms with van der Waals surface area (Å²) in [5.74, 6) is 0. The molecule has 0 radical (unpaired) electrons. The lowest BCUT2D eigenvalue weighted by molar-refractivity contribution is 0.00578. The first-order chi connectivity index (χ1) is 9.84. The third kappa shape index (κ3) is 2.46. The molecular formula is C17H23BO3. The fraction of sp³-hybridized carbons (Fsp3) is 0.529. The van der Waals surface area contributed by atoms with Crippen molar-refractivity contribution in [2.24, 2.45) is 0 Å². The number of hydrogen-bond donors (Lipinski definition) is 1. The highest BCUT2D eigenvalue weighted by Gasteiger charge is 2.51. The van der Waals surface area contributed by atoms with Crippen LogP contribution in [0, 0.1) is 0 Å². The first kappa shape index (κ1) is 14.8. The first-order valence-electron chi connectivity index (χ1n) is 7.63. The molecule has 0 unspecified atom stereocenters. The zero-order chi connectivity index (χ0) is 15.3. The van der Waals surface area contributed by atoms with Crippen molar-refractivity contribution in [3.05, 3.63) is 35.4 Å². The molecule has 0 saturated carbocycles. The minimum absolute atomic E-state index is 0.199. The van der Waals surface area contributed by atoms with Gasteiger partial charge in [0.15, 0.2) is 0 Å². The number of allylic oxidation sites excluding steroid dienone is 1. The Morgan fingerprint density at radius 1 is 1.14 bits per heavy atom. The van der Waals surface area contributed by atoms with E-state index >= 15 is 0 Å². The molecule has 1 aromatic carbocycles. The number of aliphatic hydroxyl groups is 1. The van der Waals surface area contributed by atoms with Gasteiger partial charge in [0, 0.05) is 6.61 Å². The second kappa shape index (κ2) is 4.97. The highest BCUT2D eigenvalue weighted by atomic mass is 16.7. The molecule has 21 heavy (non-hydrogen) atoms. The predicted molar refractivity (Wildman–Crippen MR) is 85.5 cm³/mol. The maximum absolute atomic E-state index is 9.11. The number of aliphatic hydroxyl groups excluding tert-OH is 1. The highest BCUT2D eigenvalue weighted by Crippen LogP contribution is 2.37. The Balaban J connectivity index is 1.84. The van der Waals surface area contributed by atoms with Crippen molar-refractivity contribution in [3.8, 4) is 0 Å².